The van der Waals surface area contributed by atoms with Crippen LogP contribution < -0.4 is 0 Å². The first-order valence-corrected chi connectivity index (χ1v) is 14.2. The molecule has 0 heterocycles. The van der Waals surface area contributed by atoms with E-state index in [0.29, 0.717) is 26.1 Å². The van der Waals surface area contributed by atoms with E-state index in [9.17, 15) is 9.90 Å². The molecule has 0 aromatic rings. The topological polar surface area (TPSA) is 196 Å². The van der Waals surface area contributed by atoms with Gasteiger partial charge in [-0.2, -0.15) is 8.42 Å². The molecule has 0 radical (unpaired) electrons. The number of nitrogens with zero attached hydrogens (tertiary/aromatic N) is 1. The van der Waals surface area contributed by atoms with Crippen LogP contribution in [0.4, 0.5) is 0 Å². The van der Waals surface area contributed by atoms with Gasteiger partial charge < -0.3 is 25.5 Å². The van der Waals surface area contributed by atoms with E-state index < -0.39 is 16.4 Å². The lowest BCUT2D eigenvalue weighted by Gasteiger charge is -2.17. The fraction of sp³-hybridized carbons (Fsp3) is 0.875. The van der Waals surface area contributed by atoms with Crippen LogP contribution in [0.15, 0.2) is 12.2 Å². The number of hydrogen-bond donors (Lipinski definition) is 7. The summed E-state index contributed by atoms with van der Waals surface area (Å²) in [6.45, 7) is 3.95. The molecule has 0 aliphatic rings. The van der Waals surface area contributed by atoms with Crippen molar-refractivity contribution in [3.05, 3.63) is 12.2 Å². The van der Waals surface area contributed by atoms with Crippen LogP contribution in [0.3, 0.4) is 0 Å². The third-order valence-electron chi connectivity index (χ3n) is 4.98. The molecular formula is C24H51NO10S. The third kappa shape index (κ3) is 46.2. The van der Waals surface area contributed by atoms with Crippen LogP contribution in [0.5, 0.6) is 0 Å². The van der Waals surface area contributed by atoms with Crippen molar-refractivity contribution in [3.8, 4) is 0 Å². The number of rotatable bonds is 21. The van der Waals surface area contributed by atoms with Gasteiger partial charge in [0.1, 0.15) is 0 Å². The van der Waals surface area contributed by atoms with Crippen molar-refractivity contribution in [3.63, 3.8) is 0 Å². The van der Waals surface area contributed by atoms with Crippen LogP contribution in [-0.2, 0) is 15.2 Å². The first-order chi connectivity index (χ1) is 17.0. The van der Waals surface area contributed by atoms with Crippen molar-refractivity contribution < 1.29 is 47.9 Å². The van der Waals surface area contributed by atoms with Crippen molar-refractivity contribution in [2.45, 2.75) is 96.5 Å². The monoisotopic (exact) mass is 545 g/mol. The number of carboxylic acid groups (broad SMARTS) is 1. The summed E-state index contributed by atoms with van der Waals surface area (Å²) < 4.78 is 31.6. The highest BCUT2D eigenvalue weighted by molar-refractivity contribution is 7.79. The predicted octanol–water partition coefficient (Wildman–Crippen LogP) is 2.69. The fourth-order valence-corrected chi connectivity index (χ4v) is 3.12. The predicted molar refractivity (Wildman–Crippen MR) is 140 cm³/mol. The molecule has 0 aromatic heterocycles. The normalized spacial score (nSPS) is 12.1. The average Bonchev–Trinajstić information content (AvgIpc) is 2.78. The van der Waals surface area contributed by atoms with E-state index >= 15 is 0 Å². The Morgan fingerprint density at radius 1 is 0.806 bits per heavy atom. The highest BCUT2D eigenvalue weighted by Crippen LogP contribution is 2.10. The van der Waals surface area contributed by atoms with E-state index in [1.807, 2.05) is 0 Å². The van der Waals surface area contributed by atoms with E-state index in [1.54, 1.807) is 4.90 Å². The number of allylic oxidation sites excluding steroid dienone is 1. The number of carboxylic acids is 1. The van der Waals surface area contributed by atoms with E-state index in [0.717, 1.165) is 51.4 Å². The summed E-state index contributed by atoms with van der Waals surface area (Å²) >= 11 is 0. The van der Waals surface area contributed by atoms with Gasteiger partial charge in [0.25, 0.3) is 0 Å². The first kappa shape index (κ1) is 39.4. The number of unbranched alkanes of at least 4 members (excludes halogenated alkanes) is 8. The summed E-state index contributed by atoms with van der Waals surface area (Å²) in [6.07, 6.45) is 17.4. The lowest BCUT2D eigenvalue weighted by atomic mass is 10.1. The highest BCUT2D eigenvalue weighted by Gasteiger charge is 2.01. The number of hydrogen-bond acceptors (Lipinski definition) is 8. The minimum absolute atomic E-state index is 0.0694. The summed E-state index contributed by atoms with van der Waals surface area (Å²) in [7, 11) is -4.67. The molecule has 218 valence electrons. The Kier molecular flexibility index (Phi) is 32.9. The van der Waals surface area contributed by atoms with Crippen molar-refractivity contribution in [1.82, 2.24) is 4.90 Å². The molecule has 0 aliphatic carbocycles. The van der Waals surface area contributed by atoms with Gasteiger partial charge in [0.15, 0.2) is 0 Å². The SMILES string of the molecule is CCCCCCC(O)C/C=C\CCCCCCCC(=O)O.O=S(=O)(O)O.OCCN(CCO)CCO. The molecule has 36 heavy (non-hydrogen) atoms. The molecule has 0 saturated heterocycles. The van der Waals surface area contributed by atoms with Crippen LogP contribution in [0.1, 0.15) is 90.4 Å². The average molecular weight is 546 g/mol. The van der Waals surface area contributed by atoms with Gasteiger partial charge in [0.2, 0.25) is 0 Å². The van der Waals surface area contributed by atoms with Crippen molar-refractivity contribution in [2.24, 2.45) is 0 Å². The second-order valence-electron chi connectivity index (χ2n) is 8.37. The van der Waals surface area contributed by atoms with Gasteiger partial charge in [-0.05, 0) is 32.1 Å². The Morgan fingerprint density at radius 2 is 1.28 bits per heavy atom. The zero-order valence-electron chi connectivity index (χ0n) is 21.9. The number of carbonyl (C=O) groups is 1. The first-order valence-electron chi connectivity index (χ1n) is 12.8. The second-order valence-corrected chi connectivity index (χ2v) is 9.27. The zero-order valence-corrected chi connectivity index (χ0v) is 22.7. The third-order valence-corrected chi connectivity index (χ3v) is 4.98. The summed E-state index contributed by atoms with van der Waals surface area (Å²) in [4.78, 5) is 12.1. The maximum absolute atomic E-state index is 10.3. The maximum atomic E-state index is 10.3. The molecule has 7 N–H and O–H groups in total. The number of aliphatic carboxylic acids is 1. The summed E-state index contributed by atoms with van der Waals surface area (Å²) in [6, 6.07) is 0. The summed E-state index contributed by atoms with van der Waals surface area (Å²) in [5, 5.41) is 43.8. The molecule has 12 heteroatoms. The van der Waals surface area contributed by atoms with E-state index in [-0.39, 0.29) is 25.9 Å². The van der Waals surface area contributed by atoms with Gasteiger partial charge in [-0.1, -0.05) is 64.0 Å². The van der Waals surface area contributed by atoms with E-state index in [1.165, 1.54) is 25.7 Å². The molecule has 0 aliphatic heterocycles. The fourth-order valence-electron chi connectivity index (χ4n) is 3.12. The smallest absolute Gasteiger partial charge is 0.394 e. The molecule has 1 atom stereocenters. The summed E-state index contributed by atoms with van der Waals surface area (Å²) in [5.74, 6) is -0.689. The van der Waals surface area contributed by atoms with Crippen molar-refractivity contribution in [1.29, 1.82) is 0 Å². The molecule has 0 bridgehead atoms. The Bertz CT molecular complexity index is 565. The van der Waals surface area contributed by atoms with Crippen LogP contribution in [-0.4, -0.2) is 99.5 Å². The highest BCUT2D eigenvalue weighted by atomic mass is 32.3. The van der Waals surface area contributed by atoms with Crippen molar-refractivity contribution >= 4 is 16.4 Å². The lowest BCUT2D eigenvalue weighted by Crippen LogP contribution is -2.32. The Balaban J connectivity index is -0.000000597. The molecule has 0 fully saturated rings. The largest absolute Gasteiger partial charge is 0.481 e. The molecule has 0 rings (SSSR count). The second kappa shape index (κ2) is 30.1. The van der Waals surface area contributed by atoms with Gasteiger partial charge in [0.05, 0.1) is 25.9 Å². The zero-order chi connectivity index (χ0) is 28.1. The standard InChI is InChI=1S/C18H34O3.C6H15NO3.H2O4S/c1-2-3-4-11-14-17(19)15-12-9-7-5-6-8-10-13-16-18(20)21;8-4-1-7(2-5-9)3-6-10;1-5(2,3)4/h9,12,17,19H,2-8,10-11,13-16H2,1H3,(H,20,21);8-10H,1-6H2;(H2,1,2,3,4)/b12-9-;;. The molecule has 0 spiro atoms. The minimum atomic E-state index is -4.67. The molecule has 0 aromatic carbocycles. The Labute approximate surface area is 217 Å². The minimum Gasteiger partial charge on any atom is -0.481 e. The Hall–Kier alpha value is -1.12. The number of aliphatic hydroxyl groups is 4. The molecule has 1 unspecified atom stereocenters. The Morgan fingerprint density at radius 3 is 1.75 bits per heavy atom. The quantitative estimate of drug-likeness (QED) is 0.0636. The summed E-state index contributed by atoms with van der Waals surface area (Å²) in [5.41, 5.74) is 0. The van der Waals surface area contributed by atoms with Gasteiger partial charge in [-0.3, -0.25) is 18.8 Å². The van der Waals surface area contributed by atoms with Crippen LogP contribution in [0.25, 0.3) is 0 Å². The number of aliphatic hydroxyl groups excluding tert-OH is 4. The van der Waals surface area contributed by atoms with Gasteiger partial charge in [0, 0.05) is 26.1 Å². The van der Waals surface area contributed by atoms with Gasteiger partial charge >= 0.3 is 16.4 Å². The van der Waals surface area contributed by atoms with Crippen LogP contribution in [0.2, 0.25) is 0 Å². The van der Waals surface area contributed by atoms with Crippen molar-refractivity contribution in [2.75, 3.05) is 39.5 Å². The van der Waals surface area contributed by atoms with E-state index in [4.69, 9.17) is 37.9 Å². The molecular weight excluding hydrogens is 494 g/mol. The van der Waals surface area contributed by atoms with Gasteiger partial charge in [-0.15, -0.1) is 0 Å². The van der Waals surface area contributed by atoms with Crippen LogP contribution in [0, 0.1) is 0 Å². The molecule has 0 saturated carbocycles. The molecule has 0 amide bonds. The van der Waals surface area contributed by atoms with E-state index in [2.05, 4.69) is 19.1 Å². The molecule has 11 nitrogen and oxygen atoms in total. The maximum Gasteiger partial charge on any atom is 0.394 e. The van der Waals surface area contributed by atoms with Gasteiger partial charge in [-0.25, -0.2) is 0 Å². The lowest BCUT2D eigenvalue weighted by molar-refractivity contribution is -0.137. The van der Waals surface area contributed by atoms with Crippen LogP contribution >= 0.6 is 0 Å².